The van der Waals surface area contributed by atoms with E-state index in [4.69, 9.17) is 10.5 Å². The van der Waals surface area contributed by atoms with Gasteiger partial charge in [0.25, 0.3) is 5.91 Å². The molecule has 2 rings (SSSR count). The maximum absolute atomic E-state index is 14.0. The summed E-state index contributed by atoms with van der Waals surface area (Å²) in [7, 11) is 0. The summed E-state index contributed by atoms with van der Waals surface area (Å²) in [6, 6.07) is 6.96. The van der Waals surface area contributed by atoms with Gasteiger partial charge in [-0.05, 0) is 17.7 Å². The maximum atomic E-state index is 14.0. The van der Waals surface area contributed by atoms with Crippen LogP contribution in [-0.4, -0.2) is 29.6 Å². The van der Waals surface area contributed by atoms with Gasteiger partial charge in [0.15, 0.2) is 0 Å². The number of amides is 2. The topological polar surface area (TPSA) is 102 Å². The van der Waals surface area contributed by atoms with E-state index in [1.165, 1.54) is 24.3 Å². The molecule has 2 aromatic rings. The Morgan fingerprint density at radius 1 is 1.12 bits per heavy atom. The third kappa shape index (κ3) is 4.96. The molecular formula is C17H15F3N2O4. The lowest BCUT2D eigenvalue weighted by molar-refractivity contribution is -0.125. The minimum absolute atomic E-state index is 0.0600. The van der Waals surface area contributed by atoms with Crippen molar-refractivity contribution in [1.29, 1.82) is 0 Å². The fourth-order valence-electron chi connectivity index (χ4n) is 1.98. The van der Waals surface area contributed by atoms with Crippen LogP contribution in [0.4, 0.5) is 13.2 Å². The number of ether oxygens (including phenoxy) is 1. The summed E-state index contributed by atoms with van der Waals surface area (Å²) in [6.07, 6.45) is -1.68. The van der Waals surface area contributed by atoms with Crippen molar-refractivity contribution in [1.82, 2.24) is 5.32 Å². The summed E-state index contributed by atoms with van der Waals surface area (Å²) >= 11 is 0. The molecule has 0 spiro atoms. The van der Waals surface area contributed by atoms with Crippen molar-refractivity contribution in [2.24, 2.45) is 5.73 Å². The minimum Gasteiger partial charge on any atom is -0.489 e. The van der Waals surface area contributed by atoms with Crippen molar-refractivity contribution in [3.8, 4) is 5.75 Å². The summed E-state index contributed by atoms with van der Waals surface area (Å²) in [5.74, 6) is -5.22. The van der Waals surface area contributed by atoms with Crippen LogP contribution in [0.25, 0.3) is 0 Å². The zero-order chi connectivity index (χ0) is 19.3. The summed E-state index contributed by atoms with van der Waals surface area (Å²) in [5, 5.41) is 11.2. The molecule has 0 aliphatic carbocycles. The Morgan fingerprint density at radius 3 is 2.23 bits per heavy atom. The van der Waals surface area contributed by atoms with Crippen molar-refractivity contribution in [2.45, 2.75) is 12.7 Å². The lowest BCUT2D eigenvalue weighted by Gasteiger charge is -2.11. The SMILES string of the molecule is NC(=O)C(O)CNC(=O)c1c(F)cc(OCc2ccc(F)cc2)cc1F. The van der Waals surface area contributed by atoms with Gasteiger partial charge < -0.3 is 20.9 Å². The van der Waals surface area contributed by atoms with Gasteiger partial charge in [0, 0.05) is 12.1 Å². The highest BCUT2D eigenvalue weighted by molar-refractivity contribution is 5.95. The molecule has 26 heavy (non-hydrogen) atoms. The first-order valence-corrected chi connectivity index (χ1v) is 7.39. The van der Waals surface area contributed by atoms with Gasteiger partial charge in [0.1, 0.15) is 41.5 Å². The van der Waals surface area contributed by atoms with E-state index in [0.29, 0.717) is 5.56 Å². The Bertz CT molecular complexity index is 789. The Kier molecular flexibility index (Phi) is 6.18. The fourth-order valence-corrected chi connectivity index (χ4v) is 1.98. The third-order valence-corrected chi connectivity index (χ3v) is 3.35. The number of nitrogens with two attached hydrogens (primary N) is 1. The number of carbonyl (C=O) groups excluding carboxylic acids is 2. The number of carbonyl (C=O) groups is 2. The maximum Gasteiger partial charge on any atom is 0.257 e. The van der Waals surface area contributed by atoms with Gasteiger partial charge in [-0.2, -0.15) is 0 Å². The van der Waals surface area contributed by atoms with E-state index in [1.54, 1.807) is 0 Å². The van der Waals surface area contributed by atoms with Crippen molar-refractivity contribution >= 4 is 11.8 Å². The van der Waals surface area contributed by atoms with Crippen LogP contribution >= 0.6 is 0 Å². The molecule has 4 N–H and O–H groups in total. The van der Waals surface area contributed by atoms with Gasteiger partial charge >= 0.3 is 0 Å². The molecule has 0 aliphatic rings. The molecule has 0 radical (unpaired) electrons. The zero-order valence-electron chi connectivity index (χ0n) is 13.3. The second-order valence-corrected chi connectivity index (χ2v) is 5.31. The Balaban J connectivity index is 2.05. The number of benzene rings is 2. The molecule has 1 atom stereocenters. The number of halogens is 3. The quantitative estimate of drug-likeness (QED) is 0.685. The van der Waals surface area contributed by atoms with Gasteiger partial charge in [-0.15, -0.1) is 0 Å². The summed E-state index contributed by atoms with van der Waals surface area (Å²) < 4.78 is 46.1. The van der Waals surface area contributed by atoms with Gasteiger partial charge in [0.05, 0.1) is 6.54 Å². The summed E-state index contributed by atoms with van der Waals surface area (Å²) in [6.45, 7) is -0.647. The average molecular weight is 368 g/mol. The van der Waals surface area contributed by atoms with Crippen LogP contribution in [0.2, 0.25) is 0 Å². The second-order valence-electron chi connectivity index (χ2n) is 5.31. The van der Waals surface area contributed by atoms with Crippen LogP contribution in [0.3, 0.4) is 0 Å². The summed E-state index contributed by atoms with van der Waals surface area (Å²) in [4.78, 5) is 22.5. The van der Waals surface area contributed by atoms with Crippen LogP contribution in [0.15, 0.2) is 36.4 Å². The first-order valence-electron chi connectivity index (χ1n) is 7.39. The second kappa shape index (κ2) is 8.34. The number of primary amides is 1. The minimum atomic E-state index is -1.68. The predicted molar refractivity (Wildman–Crippen MR) is 84.6 cm³/mol. The molecule has 138 valence electrons. The Morgan fingerprint density at radius 2 is 1.69 bits per heavy atom. The molecule has 0 bridgehead atoms. The summed E-state index contributed by atoms with van der Waals surface area (Å²) in [5.41, 5.74) is 4.49. The monoisotopic (exact) mass is 368 g/mol. The molecule has 9 heteroatoms. The fraction of sp³-hybridized carbons (Fsp3) is 0.176. The van der Waals surface area contributed by atoms with E-state index in [2.05, 4.69) is 0 Å². The smallest absolute Gasteiger partial charge is 0.257 e. The van der Waals surface area contributed by atoms with E-state index < -0.39 is 47.5 Å². The molecule has 2 amide bonds. The van der Waals surface area contributed by atoms with Crippen molar-refractivity contribution in [3.05, 3.63) is 65.0 Å². The average Bonchev–Trinajstić information content (AvgIpc) is 2.58. The molecule has 0 aliphatic heterocycles. The van der Waals surface area contributed by atoms with Crippen molar-refractivity contribution < 1.29 is 32.6 Å². The molecule has 0 aromatic heterocycles. The predicted octanol–water partition coefficient (Wildman–Crippen LogP) is 1.26. The molecule has 2 aromatic carbocycles. The molecule has 0 saturated carbocycles. The lowest BCUT2D eigenvalue weighted by Crippen LogP contribution is -2.40. The molecule has 1 unspecified atom stereocenters. The third-order valence-electron chi connectivity index (χ3n) is 3.35. The van der Waals surface area contributed by atoms with Gasteiger partial charge in [-0.3, -0.25) is 9.59 Å². The van der Waals surface area contributed by atoms with Gasteiger partial charge in [-0.1, -0.05) is 12.1 Å². The Labute approximate surface area is 146 Å². The van der Waals surface area contributed by atoms with Crippen LogP contribution in [-0.2, 0) is 11.4 Å². The van der Waals surface area contributed by atoms with E-state index in [1.807, 2.05) is 5.32 Å². The van der Waals surface area contributed by atoms with Gasteiger partial charge in [0.2, 0.25) is 5.91 Å². The van der Waals surface area contributed by atoms with Crippen LogP contribution < -0.4 is 15.8 Å². The molecule has 0 heterocycles. The van der Waals surface area contributed by atoms with Crippen LogP contribution in [0.1, 0.15) is 15.9 Å². The highest BCUT2D eigenvalue weighted by atomic mass is 19.1. The normalized spacial score (nSPS) is 11.7. The first-order chi connectivity index (χ1) is 12.3. The van der Waals surface area contributed by atoms with E-state index in [-0.39, 0.29) is 12.4 Å². The number of aliphatic hydroxyl groups excluding tert-OH is 1. The number of nitrogens with one attached hydrogen (secondary N) is 1. The highest BCUT2D eigenvalue weighted by Crippen LogP contribution is 2.22. The van der Waals surface area contributed by atoms with Crippen molar-refractivity contribution in [2.75, 3.05) is 6.54 Å². The molecule has 6 nitrogen and oxygen atoms in total. The first kappa shape index (κ1) is 19.3. The number of aliphatic hydroxyl groups is 1. The number of hydrogen-bond donors (Lipinski definition) is 3. The number of rotatable bonds is 7. The molecular weight excluding hydrogens is 353 g/mol. The molecule has 0 fully saturated rings. The van der Waals surface area contributed by atoms with Gasteiger partial charge in [-0.25, -0.2) is 13.2 Å². The van der Waals surface area contributed by atoms with E-state index in [9.17, 15) is 27.9 Å². The van der Waals surface area contributed by atoms with E-state index >= 15 is 0 Å². The largest absolute Gasteiger partial charge is 0.489 e. The zero-order valence-corrected chi connectivity index (χ0v) is 13.3. The van der Waals surface area contributed by atoms with Crippen LogP contribution in [0, 0.1) is 17.5 Å². The van der Waals surface area contributed by atoms with Crippen molar-refractivity contribution in [3.63, 3.8) is 0 Å². The highest BCUT2D eigenvalue weighted by Gasteiger charge is 2.21. The Hall–Kier alpha value is -3.07. The standard InChI is InChI=1S/C17H15F3N2O4/c18-10-3-1-9(2-4-10)8-26-11-5-12(19)15(13(20)6-11)17(25)22-7-14(23)16(21)24/h1-6,14,23H,7-8H2,(H2,21,24)(H,22,25). The number of hydrogen-bond acceptors (Lipinski definition) is 4. The lowest BCUT2D eigenvalue weighted by atomic mass is 10.1. The molecule has 0 saturated heterocycles. The van der Waals surface area contributed by atoms with E-state index in [0.717, 1.165) is 12.1 Å². The van der Waals surface area contributed by atoms with Crippen LogP contribution in [0.5, 0.6) is 5.75 Å².